The maximum Gasteiger partial charge on any atom is 0.334 e. The number of benzene rings is 1. The first-order valence-corrected chi connectivity index (χ1v) is 7.30. The topological polar surface area (TPSA) is 81.5 Å². The second-order valence-electron chi connectivity index (χ2n) is 5.56. The van der Waals surface area contributed by atoms with E-state index in [0.29, 0.717) is 11.1 Å². The Bertz CT molecular complexity index is 686. The molecule has 6 nitrogen and oxygen atoms in total. The zero-order valence-corrected chi connectivity index (χ0v) is 12.0. The van der Waals surface area contributed by atoms with Crippen LogP contribution in [0.2, 0.25) is 0 Å². The summed E-state index contributed by atoms with van der Waals surface area (Å²) >= 11 is 0. The third-order valence-corrected chi connectivity index (χ3v) is 4.24. The van der Waals surface area contributed by atoms with Gasteiger partial charge in [0.25, 0.3) is 0 Å². The Kier molecular flexibility index (Phi) is 3.63. The van der Waals surface area contributed by atoms with Gasteiger partial charge in [-0.25, -0.2) is 4.79 Å². The minimum Gasteiger partial charge on any atom is -0.263 e. The Hall–Kier alpha value is -2.68. The summed E-state index contributed by atoms with van der Waals surface area (Å²) in [7, 11) is 0. The van der Waals surface area contributed by atoms with Crippen LogP contribution in [-0.4, -0.2) is 33.7 Å². The summed E-state index contributed by atoms with van der Waals surface area (Å²) in [5.74, 6) is -1.55. The van der Waals surface area contributed by atoms with Gasteiger partial charge < -0.3 is 0 Å². The SMILES string of the molecule is N#Cc1ccccc1CN1C(=O)C(=O)N(C2CCCC2)C1=O. The van der Waals surface area contributed by atoms with Gasteiger partial charge in [-0.15, -0.1) is 0 Å². The minimum absolute atomic E-state index is 0.0453. The highest BCUT2D eigenvalue weighted by molar-refractivity contribution is 6.44. The molecule has 0 bridgehead atoms. The molecule has 0 spiro atoms. The van der Waals surface area contributed by atoms with E-state index in [0.717, 1.165) is 35.5 Å². The van der Waals surface area contributed by atoms with E-state index >= 15 is 0 Å². The van der Waals surface area contributed by atoms with Crippen LogP contribution in [0.15, 0.2) is 24.3 Å². The summed E-state index contributed by atoms with van der Waals surface area (Å²) in [6.07, 6.45) is 3.45. The molecule has 0 unspecified atom stereocenters. The standard InChI is InChI=1S/C16H15N3O3/c17-9-11-5-1-2-6-12(11)10-18-14(20)15(21)19(16(18)22)13-7-3-4-8-13/h1-2,5-6,13H,3-4,7-8,10H2. The quantitative estimate of drug-likeness (QED) is 0.629. The summed E-state index contributed by atoms with van der Waals surface area (Å²) in [6, 6.07) is 8.05. The van der Waals surface area contributed by atoms with Crippen LogP contribution in [-0.2, 0) is 16.1 Å². The van der Waals surface area contributed by atoms with E-state index in [1.807, 2.05) is 6.07 Å². The van der Waals surface area contributed by atoms with E-state index in [2.05, 4.69) is 0 Å². The van der Waals surface area contributed by atoms with Crippen LogP contribution >= 0.6 is 0 Å². The van der Waals surface area contributed by atoms with Crippen molar-refractivity contribution in [3.05, 3.63) is 35.4 Å². The van der Waals surface area contributed by atoms with Crippen molar-refractivity contribution in [1.82, 2.24) is 9.80 Å². The van der Waals surface area contributed by atoms with Crippen molar-refractivity contribution in [3.8, 4) is 6.07 Å². The lowest BCUT2D eigenvalue weighted by Gasteiger charge is -2.21. The van der Waals surface area contributed by atoms with Gasteiger partial charge in [-0.3, -0.25) is 19.4 Å². The molecule has 1 saturated heterocycles. The number of urea groups is 1. The molecule has 0 N–H and O–H groups in total. The van der Waals surface area contributed by atoms with Crippen molar-refractivity contribution in [2.24, 2.45) is 0 Å². The van der Waals surface area contributed by atoms with Crippen molar-refractivity contribution < 1.29 is 14.4 Å². The van der Waals surface area contributed by atoms with Crippen LogP contribution in [0.5, 0.6) is 0 Å². The van der Waals surface area contributed by atoms with Crippen LogP contribution in [0.1, 0.15) is 36.8 Å². The largest absolute Gasteiger partial charge is 0.334 e. The monoisotopic (exact) mass is 297 g/mol. The second kappa shape index (κ2) is 5.60. The van der Waals surface area contributed by atoms with E-state index in [9.17, 15) is 14.4 Å². The molecule has 0 radical (unpaired) electrons. The molecule has 2 fully saturated rings. The maximum atomic E-state index is 12.4. The van der Waals surface area contributed by atoms with Gasteiger partial charge in [-0.1, -0.05) is 31.0 Å². The lowest BCUT2D eigenvalue weighted by atomic mass is 10.1. The number of carbonyl (C=O) groups is 3. The summed E-state index contributed by atoms with van der Waals surface area (Å²) < 4.78 is 0. The fourth-order valence-electron chi connectivity index (χ4n) is 3.08. The van der Waals surface area contributed by atoms with Crippen molar-refractivity contribution in [2.75, 3.05) is 0 Å². The predicted octanol–water partition coefficient (Wildman–Crippen LogP) is 1.79. The molecule has 112 valence electrons. The zero-order chi connectivity index (χ0) is 15.7. The summed E-state index contributed by atoms with van der Waals surface area (Å²) in [5.41, 5.74) is 0.961. The van der Waals surface area contributed by atoms with Gasteiger partial charge in [-0.2, -0.15) is 5.26 Å². The number of nitriles is 1. The number of rotatable bonds is 3. The summed E-state index contributed by atoms with van der Waals surface area (Å²) in [6.45, 7) is -0.0453. The second-order valence-corrected chi connectivity index (χ2v) is 5.56. The molecule has 0 atom stereocenters. The van der Waals surface area contributed by atoms with Gasteiger partial charge >= 0.3 is 17.8 Å². The van der Waals surface area contributed by atoms with E-state index in [1.54, 1.807) is 24.3 Å². The Morgan fingerprint density at radius 2 is 1.77 bits per heavy atom. The number of nitrogens with zero attached hydrogens (tertiary/aromatic N) is 3. The van der Waals surface area contributed by atoms with E-state index in [4.69, 9.17) is 5.26 Å². The lowest BCUT2D eigenvalue weighted by molar-refractivity contribution is -0.144. The fourth-order valence-corrected chi connectivity index (χ4v) is 3.08. The zero-order valence-electron chi connectivity index (χ0n) is 12.0. The van der Waals surface area contributed by atoms with Crippen LogP contribution in [0.25, 0.3) is 0 Å². The van der Waals surface area contributed by atoms with Gasteiger partial charge in [0.05, 0.1) is 18.2 Å². The van der Waals surface area contributed by atoms with Crippen molar-refractivity contribution in [2.45, 2.75) is 38.3 Å². The lowest BCUT2D eigenvalue weighted by Crippen LogP contribution is -2.39. The van der Waals surface area contributed by atoms with Crippen LogP contribution in [0.4, 0.5) is 4.79 Å². The molecular weight excluding hydrogens is 282 g/mol. The van der Waals surface area contributed by atoms with E-state index in [-0.39, 0.29) is 12.6 Å². The first kappa shape index (κ1) is 14.3. The molecule has 1 heterocycles. The number of hydrogen-bond donors (Lipinski definition) is 0. The van der Waals surface area contributed by atoms with Gasteiger partial charge in [0.1, 0.15) is 0 Å². The number of hydrogen-bond acceptors (Lipinski definition) is 4. The molecule has 3 rings (SSSR count). The number of amides is 4. The molecule has 1 aliphatic carbocycles. The highest BCUT2D eigenvalue weighted by Gasteiger charge is 2.48. The average Bonchev–Trinajstić information content (AvgIpc) is 3.11. The molecule has 6 heteroatoms. The first-order chi connectivity index (χ1) is 10.6. The summed E-state index contributed by atoms with van der Waals surface area (Å²) in [4.78, 5) is 38.7. The smallest absolute Gasteiger partial charge is 0.263 e. The Balaban J connectivity index is 1.85. The van der Waals surface area contributed by atoms with Gasteiger partial charge in [0.2, 0.25) is 0 Å². The highest BCUT2D eigenvalue weighted by atomic mass is 16.2. The molecule has 4 amide bonds. The molecule has 1 saturated carbocycles. The van der Waals surface area contributed by atoms with E-state index < -0.39 is 17.8 Å². The predicted molar refractivity (Wildman–Crippen MR) is 76.2 cm³/mol. The number of imide groups is 2. The van der Waals surface area contributed by atoms with Gasteiger partial charge in [0.15, 0.2) is 0 Å². The van der Waals surface area contributed by atoms with Gasteiger partial charge in [-0.05, 0) is 24.5 Å². The Morgan fingerprint density at radius 1 is 1.09 bits per heavy atom. The molecule has 1 aromatic rings. The van der Waals surface area contributed by atoms with Crippen molar-refractivity contribution in [3.63, 3.8) is 0 Å². The molecule has 1 aromatic carbocycles. The molecule has 2 aliphatic rings. The van der Waals surface area contributed by atoms with Gasteiger partial charge in [0, 0.05) is 6.04 Å². The maximum absolute atomic E-state index is 12.4. The van der Waals surface area contributed by atoms with Crippen molar-refractivity contribution in [1.29, 1.82) is 5.26 Å². The fraction of sp³-hybridized carbons (Fsp3) is 0.375. The third kappa shape index (κ3) is 2.25. The molecule has 22 heavy (non-hydrogen) atoms. The normalized spacial score (nSPS) is 19.1. The van der Waals surface area contributed by atoms with Crippen LogP contribution in [0, 0.1) is 11.3 Å². The average molecular weight is 297 g/mol. The molecular formula is C16H15N3O3. The summed E-state index contributed by atoms with van der Waals surface area (Å²) in [5, 5.41) is 9.09. The Morgan fingerprint density at radius 3 is 2.45 bits per heavy atom. The molecule has 0 aromatic heterocycles. The highest BCUT2D eigenvalue weighted by Crippen LogP contribution is 2.28. The number of carbonyl (C=O) groups excluding carboxylic acids is 3. The Labute approximate surface area is 127 Å². The first-order valence-electron chi connectivity index (χ1n) is 7.30. The molecule has 1 aliphatic heterocycles. The van der Waals surface area contributed by atoms with Crippen LogP contribution in [0.3, 0.4) is 0 Å². The van der Waals surface area contributed by atoms with E-state index in [1.165, 1.54) is 0 Å². The third-order valence-electron chi connectivity index (χ3n) is 4.24. The van der Waals surface area contributed by atoms with Crippen molar-refractivity contribution >= 4 is 17.8 Å². The van der Waals surface area contributed by atoms with Crippen LogP contribution < -0.4 is 0 Å². The minimum atomic E-state index is -0.801.